The van der Waals surface area contributed by atoms with Crippen molar-refractivity contribution < 1.29 is 27.5 Å². The van der Waals surface area contributed by atoms with E-state index in [2.05, 4.69) is 0 Å². The summed E-state index contributed by atoms with van der Waals surface area (Å²) in [5.41, 5.74) is 9.96. The van der Waals surface area contributed by atoms with E-state index in [1.54, 1.807) is 0 Å². The maximum atomic E-state index is 12.6. The van der Waals surface area contributed by atoms with Gasteiger partial charge in [0, 0.05) is 0 Å². The minimum absolute atomic E-state index is 0.0437. The summed E-state index contributed by atoms with van der Waals surface area (Å²) >= 11 is 0. The van der Waals surface area contributed by atoms with Crippen LogP contribution in [0.5, 0.6) is 5.75 Å². The number of carbonyl (C=O) groups is 2. The molecule has 1 aromatic carbocycles. The number of nitrogens with zero attached hydrogens (tertiary/aromatic N) is 1. The lowest BCUT2D eigenvalue weighted by Crippen LogP contribution is -2.44. The molecule has 0 aromatic heterocycles. The first-order valence-corrected chi connectivity index (χ1v) is 5.88. The van der Waals surface area contributed by atoms with Crippen molar-refractivity contribution in [2.24, 2.45) is 11.5 Å². The van der Waals surface area contributed by atoms with Gasteiger partial charge in [0.15, 0.2) is 6.61 Å². The summed E-state index contributed by atoms with van der Waals surface area (Å²) in [6, 6.07) is 1.31. The second-order valence-electron chi connectivity index (χ2n) is 4.48. The van der Waals surface area contributed by atoms with Crippen molar-refractivity contribution >= 4 is 17.5 Å². The molecule has 0 bridgehead atoms. The van der Waals surface area contributed by atoms with Gasteiger partial charge >= 0.3 is 6.18 Å². The van der Waals surface area contributed by atoms with Gasteiger partial charge in [-0.25, -0.2) is 0 Å². The predicted octanol–water partition coefficient (Wildman–Crippen LogP) is 0.459. The number of hydrogen-bond acceptors (Lipinski definition) is 4. The molecule has 1 unspecified atom stereocenters. The molecule has 0 radical (unpaired) electrons. The Kier molecular flexibility index (Phi) is 3.77. The molecule has 0 saturated heterocycles. The van der Waals surface area contributed by atoms with Crippen molar-refractivity contribution in [3.8, 4) is 5.75 Å². The number of benzene rings is 1. The van der Waals surface area contributed by atoms with E-state index in [1.165, 1.54) is 6.07 Å². The Morgan fingerprint density at radius 1 is 1.43 bits per heavy atom. The van der Waals surface area contributed by atoms with Crippen molar-refractivity contribution in [3.05, 3.63) is 23.8 Å². The molecule has 2 amide bonds. The van der Waals surface area contributed by atoms with Gasteiger partial charge < -0.3 is 16.2 Å². The highest BCUT2D eigenvalue weighted by Crippen LogP contribution is 2.37. The Morgan fingerprint density at radius 2 is 2.10 bits per heavy atom. The summed E-state index contributed by atoms with van der Waals surface area (Å²) in [6.45, 7) is -0.759. The van der Waals surface area contributed by atoms with Gasteiger partial charge in [0.1, 0.15) is 18.3 Å². The summed E-state index contributed by atoms with van der Waals surface area (Å²) in [5, 5.41) is 0. The first-order chi connectivity index (χ1) is 9.70. The molecule has 6 nitrogen and oxygen atoms in total. The molecule has 0 saturated carbocycles. The van der Waals surface area contributed by atoms with Crippen LogP contribution in [-0.4, -0.2) is 31.1 Å². The van der Waals surface area contributed by atoms with Crippen LogP contribution in [0, 0.1) is 0 Å². The van der Waals surface area contributed by atoms with E-state index in [1.807, 2.05) is 0 Å². The molecular formula is C12H12F3N3O3. The van der Waals surface area contributed by atoms with E-state index < -0.39 is 30.6 Å². The second kappa shape index (κ2) is 5.24. The molecule has 1 aliphatic rings. The van der Waals surface area contributed by atoms with Crippen LogP contribution in [0.15, 0.2) is 18.2 Å². The fourth-order valence-electron chi connectivity index (χ4n) is 1.93. The average molecular weight is 303 g/mol. The van der Waals surface area contributed by atoms with E-state index in [0.717, 1.165) is 17.0 Å². The standard InChI is InChI=1S/C12H12F3N3O3/c13-12(14,15)11(17)6-1-2-8-7(3-6)18(4-9(16)19)10(20)5-21-8/h1-3,11H,4-5,17H2,(H2,16,19). The molecule has 2 rings (SSSR count). The average Bonchev–Trinajstić information content (AvgIpc) is 2.39. The number of anilines is 1. The highest BCUT2D eigenvalue weighted by molar-refractivity contribution is 6.01. The Labute approximate surface area is 117 Å². The van der Waals surface area contributed by atoms with Gasteiger partial charge in [-0.1, -0.05) is 6.07 Å². The molecule has 0 fully saturated rings. The third-order valence-corrected chi connectivity index (χ3v) is 2.95. The summed E-state index contributed by atoms with van der Waals surface area (Å²) in [4.78, 5) is 23.7. The quantitative estimate of drug-likeness (QED) is 0.847. The van der Waals surface area contributed by atoms with Gasteiger partial charge in [0.25, 0.3) is 5.91 Å². The molecule has 9 heteroatoms. The molecular weight excluding hydrogens is 291 g/mol. The Bertz CT molecular complexity index is 589. The number of ether oxygens (including phenoxy) is 1. The summed E-state index contributed by atoms with van der Waals surface area (Å²) in [6.07, 6.45) is -4.62. The maximum absolute atomic E-state index is 12.6. The minimum Gasteiger partial charge on any atom is -0.482 e. The van der Waals surface area contributed by atoms with Gasteiger partial charge in [-0.15, -0.1) is 0 Å². The molecule has 1 aromatic rings. The third-order valence-electron chi connectivity index (χ3n) is 2.95. The Balaban J connectivity index is 2.43. The van der Waals surface area contributed by atoms with Gasteiger partial charge in [-0.2, -0.15) is 13.2 Å². The molecule has 1 heterocycles. The summed E-state index contributed by atoms with van der Waals surface area (Å²) in [7, 11) is 0. The zero-order chi connectivity index (χ0) is 15.8. The number of fused-ring (bicyclic) bond motifs is 1. The van der Waals surface area contributed by atoms with Gasteiger partial charge in [-0.05, 0) is 17.7 Å². The number of primary amides is 1. The smallest absolute Gasteiger partial charge is 0.407 e. The van der Waals surface area contributed by atoms with E-state index in [-0.39, 0.29) is 23.6 Å². The monoisotopic (exact) mass is 303 g/mol. The maximum Gasteiger partial charge on any atom is 0.407 e. The molecule has 1 aliphatic heterocycles. The SMILES string of the molecule is NC(=O)CN1C(=O)COc2ccc(C(N)C(F)(F)F)cc21. The lowest BCUT2D eigenvalue weighted by Gasteiger charge is -2.29. The highest BCUT2D eigenvalue weighted by atomic mass is 19.4. The zero-order valence-electron chi connectivity index (χ0n) is 10.7. The number of nitrogens with two attached hydrogens (primary N) is 2. The van der Waals surface area contributed by atoms with E-state index in [0.29, 0.717) is 0 Å². The normalized spacial score (nSPS) is 16.2. The molecule has 0 aliphatic carbocycles. The second-order valence-corrected chi connectivity index (χ2v) is 4.48. The number of carbonyl (C=O) groups excluding carboxylic acids is 2. The number of halogens is 3. The fraction of sp³-hybridized carbons (Fsp3) is 0.333. The number of amides is 2. The molecule has 21 heavy (non-hydrogen) atoms. The van der Waals surface area contributed by atoms with Crippen LogP contribution in [0.2, 0.25) is 0 Å². The molecule has 0 spiro atoms. The number of hydrogen-bond donors (Lipinski definition) is 2. The lowest BCUT2D eigenvalue weighted by atomic mass is 10.0. The molecule has 114 valence electrons. The van der Waals surface area contributed by atoms with E-state index in [4.69, 9.17) is 16.2 Å². The number of alkyl halides is 3. The van der Waals surface area contributed by atoms with Crippen LogP contribution in [0.25, 0.3) is 0 Å². The van der Waals surface area contributed by atoms with Gasteiger partial charge in [0.2, 0.25) is 5.91 Å². The van der Waals surface area contributed by atoms with Crippen molar-refractivity contribution in [1.82, 2.24) is 0 Å². The van der Waals surface area contributed by atoms with Gasteiger partial charge in [-0.3, -0.25) is 14.5 Å². The van der Waals surface area contributed by atoms with Crippen LogP contribution in [-0.2, 0) is 9.59 Å². The van der Waals surface area contributed by atoms with Crippen LogP contribution in [0.1, 0.15) is 11.6 Å². The van der Waals surface area contributed by atoms with Crippen molar-refractivity contribution in [1.29, 1.82) is 0 Å². The largest absolute Gasteiger partial charge is 0.482 e. The van der Waals surface area contributed by atoms with Crippen molar-refractivity contribution in [2.75, 3.05) is 18.1 Å². The first-order valence-electron chi connectivity index (χ1n) is 5.88. The first kappa shape index (κ1) is 15.1. The molecule has 1 atom stereocenters. The summed E-state index contributed by atoms with van der Waals surface area (Å²) < 4.78 is 43.0. The third kappa shape index (κ3) is 3.07. The fourth-order valence-corrected chi connectivity index (χ4v) is 1.93. The Hall–Kier alpha value is -2.29. The zero-order valence-corrected chi connectivity index (χ0v) is 10.7. The molecule has 4 N–H and O–H groups in total. The van der Waals surface area contributed by atoms with Gasteiger partial charge in [0.05, 0.1) is 5.69 Å². The number of rotatable bonds is 3. The predicted molar refractivity (Wildman–Crippen MR) is 66.5 cm³/mol. The summed E-state index contributed by atoms with van der Waals surface area (Å²) in [5.74, 6) is -1.17. The lowest BCUT2D eigenvalue weighted by molar-refractivity contribution is -0.149. The van der Waals surface area contributed by atoms with Crippen molar-refractivity contribution in [3.63, 3.8) is 0 Å². The van der Waals surface area contributed by atoms with Crippen LogP contribution in [0.3, 0.4) is 0 Å². The van der Waals surface area contributed by atoms with Crippen LogP contribution >= 0.6 is 0 Å². The minimum atomic E-state index is -4.62. The topological polar surface area (TPSA) is 98.7 Å². The Morgan fingerprint density at radius 3 is 2.67 bits per heavy atom. The van der Waals surface area contributed by atoms with Crippen LogP contribution in [0.4, 0.5) is 18.9 Å². The van der Waals surface area contributed by atoms with E-state index >= 15 is 0 Å². The van der Waals surface area contributed by atoms with E-state index in [9.17, 15) is 22.8 Å². The highest BCUT2D eigenvalue weighted by Gasteiger charge is 2.39. The van der Waals surface area contributed by atoms with Crippen molar-refractivity contribution in [2.45, 2.75) is 12.2 Å². The van der Waals surface area contributed by atoms with Crippen LogP contribution < -0.4 is 21.1 Å².